The van der Waals surface area contributed by atoms with Crippen LogP contribution in [0, 0.1) is 6.92 Å². The van der Waals surface area contributed by atoms with Gasteiger partial charge in [-0.3, -0.25) is 4.99 Å². The monoisotopic (exact) mass is 411 g/mol. The van der Waals surface area contributed by atoms with E-state index < -0.39 is 0 Å². The Morgan fingerprint density at radius 1 is 1.17 bits per heavy atom. The van der Waals surface area contributed by atoms with Crippen molar-refractivity contribution in [3.63, 3.8) is 0 Å². The summed E-state index contributed by atoms with van der Waals surface area (Å²) in [4.78, 5) is 13.2. The van der Waals surface area contributed by atoms with Gasteiger partial charge in [0.05, 0.1) is 6.54 Å². The second-order valence-electron chi connectivity index (χ2n) is 7.50. The molecule has 1 atom stereocenters. The maximum atomic E-state index is 4.84. The Balaban J connectivity index is 1.49. The molecule has 1 fully saturated rings. The van der Waals surface area contributed by atoms with Crippen LogP contribution in [0.25, 0.3) is 0 Å². The standard InChI is InChI=1S/C23H33N5S/c1-4-24-23(25-17-19(3)29-21-10-6-5-7-11-21)27-20-13-15-28(16-14-20)22-12-8-9-18(2)26-22/h5-12,19-20H,4,13-17H2,1-3H3,(H2,24,25,27). The molecule has 0 spiro atoms. The number of anilines is 1. The fourth-order valence-electron chi connectivity index (χ4n) is 3.46. The molecular weight excluding hydrogens is 378 g/mol. The van der Waals surface area contributed by atoms with Crippen LogP contribution in [0.5, 0.6) is 0 Å². The van der Waals surface area contributed by atoms with Crippen LogP contribution < -0.4 is 15.5 Å². The molecule has 0 saturated carbocycles. The smallest absolute Gasteiger partial charge is 0.191 e. The van der Waals surface area contributed by atoms with Crippen molar-refractivity contribution in [2.24, 2.45) is 4.99 Å². The van der Waals surface area contributed by atoms with Gasteiger partial charge >= 0.3 is 0 Å². The second kappa shape index (κ2) is 11.1. The van der Waals surface area contributed by atoms with Gasteiger partial charge in [-0.2, -0.15) is 0 Å². The highest BCUT2D eigenvalue weighted by molar-refractivity contribution is 8.00. The molecule has 0 aliphatic carbocycles. The quantitative estimate of drug-likeness (QED) is 0.408. The van der Waals surface area contributed by atoms with Crippen LogP contribution in [0.15, 0.2) is 58.4 Å². The molecule has 2 N–H and O–H groups in total. The molecule has 0 amide bonds. The Hall–Kier alpha value is -2.21. The summed E-state index contributed by atoms with van der Waals surface area (Å²) in [7, 11) is 0. The Bertz CT molecular complexity index is 772. The highest BCUT2D eigenvalue weighted by Crippen LogP contribution is 2.22. The molecular formula is C23H33N5S. The summed E-state index contributed by atoms with van der Waals surface area (Å²) in [6.07, 6.45) is 2.18. The van der Waals surface area contributed by atoms with Gasteiger partial charge < -0.3 is 15.5 Å². The Labute approximate surface area is 179 Å². The first-order valence-electron chi connectivity index (χ1n) is 10.6. The van der Waals surface area contributed by atoms with E-state index in [0.29, 0.717) is 11.3 Å². The first-order valence-corrected chi connectivity index (χ1v) is 11.5. The number of nitrogens with zero attached hydrogens (tertiary/aromatic N) is 3. The summed E-state index contributed by atoms with van der Waals surface area (Å²) in [6, 6.07) is 17.2. The van der Waals surface area contributed by atoms with Gasteiger partial charge in [-0.15, -0.1) is 11.8 Å². The van der Waals surface area contributed by atoms with Crippen molar-refractivity contribution in [3.05, 3.63) is 54.2 Å². The van der Waals surface area contributed by atoms with Gasteiger partial charge in [0.25, 0.3) is 0 Å². The summed E-state index contributed by atoms with van der Waals surface area (Å²) < 4.78 is 0. The number of nitrogens with one attached hydrogen (secondary N) is 2. The van der Waals surface area contributed by atoms with E-state index >= 15 is 0 Å². The van der Waals surface area contributed by atoms with E-state index in [-0.39, 0.29) is 0 Å². The van der Waals surface area contributed by atoms with Crippen molar-refractivity contribution < 1.29 is 0 Å². The summed E-state index contributed by atoms with van der Waals surface area (Å²) >= 11 is 1.87. The van der Waals surface area contributed by atoms with Crippen molar-refractivity contribution in [1.82, 2.24) is 15.6 Å². The minimum atomic E-state index is 0.432. The van der Waals surface area contributed by atoms with E-state index in [1.54, 1.807) is 0 Å². The topological polar surface area (TPSA) is 52.6 Å². The summed E-state index contributed by atoms with van der Waals surface area (Å²) in [5.41, 5.74) is 1.08. The van der Waals surface area contributed by atoms with Crippen molar-refractivity contribution in [2.75, 3.05) is 31.1 Å². The molecule has 2 aromatic rings. The number of piperidine rings is 1. The van der Waals surface area contributed by atoms with E-state index in [4.69, 9.17) is 4.99 Å². The number of aryl methyl sites for hydroxylation is 1. The van der Waals surface area contributed by atoms with E-state index in [0.717, 1.165) is 56.5 Å². The highest BCUT2D eigenvalue weighted by Gasteiger charge is 2.21. The third-order valence-electron chi connectivity index (χ3n) is 4.96. The van der Waals surface area contributed by atoms with Gasteiger partial charge in [-0.25, -0.2) is 4.98 Å². The Morgan fingerprint density at radius 3 is 2.62 bits per heavy atom. The second-order valence-corrected chi connectivity index (χ2v) is 9.02. The fourth-order valence-corrected chi connectivity index (χ4v) is 4.39. The molecule has 1 unspecified atom stereocenters. The molecule has 2 heterocycles. The maximum Gasteiger partial charge on any atom is 0.191 e. The largest absolute Gasteiger partial charge is 0.357 e. The lowest BCUT2D eigenvalue weighted by Gasteiger charge is -2.34. The first-order chi connectivity index (χ1) is 14.1. The van der Waals surface area contributed by atoms with Crippen LogP contribution in [0.1, 0.15) is 32.4 Å². The predicted molar refractivity (Wildman–Crippen MR) is 125 cm³/mol. The van der Waals surface area contributed by atoms with Crippen LogP contribution in [-0.2, 0) is 0 Å². The third kappa shape index (κ3) is 6.96. The molecule has 1 aliphatic heterocycles. The van der Waals surface area contributed by atoms with E-state index in [1.165, 1.54) is 4.90 Å². The van der Waals surface area contributed by atoms with Crippen molar-refractivity contribution >= 4 is 23.5 Å². The lowest BCUT2D eigenvalue weighted by atomic mass is 10.1. The molecule has 3 rings (SSSR count). The predicted octanol–water partition coefficient (Wildman–Crippen LogP) is 4.09. The number of benzene rings is 1. The number of hydrogen-bond donors (Lipinski definition) is 2. The normalized spacial score (nSPS) is 16.5. The molecule has 29 heavy (non-hydrogen) atoms. The number of aromatic nitrogens is 1. The van der Waals surface area contributed by atoms with Gasteiger partial charge in [0, 0.05) is 41.5 Å². The highest BCUT2D eigenvalue weighted by atomic mass is 32.2. The SMILES string of the molecule is CCNC(=NCC(C)Sc1ccccc1)NC1CCN(c2cccc(C)n2)CC1. The number of thioether (sulfide) groups is 1. The lowest BCUT2D eigenvalue weighted by molar-refractivity contribution is 0.459. The molecule has 156 valence electrons. The van der Waals surface area contributed by atoms with Crippen LogP contribution in [0.4, 0.5) is 5.82 Å². The molecule has 5 nitrogen and oxygen atoms in total. The zero-order chi connectivity index (χ0) is 20.5. The van der Waals surface area contributed by atoms with Crippen LogP contribution in [-0.4, -0.2) is 48.4 Å². The molecule has 1 aromatic heterocycles. The van der Waals surface area contributed by atoms with Gasteiger partial charge in [-0.05, 0) is 51.0 Å². The molecule has 1 aliphatic rings. The zero-order valence-electron chi connectivity index (χ0n) is 17.8. The van der Waals surface area contributed by atoms with Crippen LogP contribution >= 0.6 is 11.8 Å². The number of aliphatic imine (C=N–C) groups is 1. The molecule has 1 aromatic carbocycles. The van der Waals surface area contributed by atoms with Crippen molar-refractivity contribution in [1.29, 1.82) is 0 Å². The average Bonchev–Trinajstić information content (AvgIpc) is 2.73. The van der Waals surface area contributed by atoms with Gasteiger partial charge in [0.1, 0.15) is 5.82 Å². The number of pyridine rings is 1. The van der Waals surface area contributed by atoms with Crippen LogP contribution in [0.3, 0.4) is 0 Å². The molecule has 1 saturated heterocycles. The zero-order valence-corrected chi connectivity index (χ0v) is 18.6. The van der Waals surface area contributed by atoms with E-state index in [9.17, 15) is 0 Å². The number of guanidine groups is 1. The van der Waals surface area contributed by atoms with Gasteiger partial charge in [0.15, 0.2) is 5.96 Å². The first kappa shape index (κ1) is 21.5. The lowest BCUT2D eigenvalue weighted by Crippen LogP contribution is -2.49. The summed E-state index contributed by atoms with van der Waals surface area (Å²) in [5.74, 6) is 2.02. The van der Waals surface area contributed by atoms with Gasteiger partial charge in [-0.1, -0.05) is 31.2 Å². The van der Waals surface area contributed by atoms with Gasteiger partial charge in [0.2, 0.25) is 0 Å². The minimum Gasteiger partial charge on any atom is -0.357 e. The molecule has 6 heteroatoms. The van der Waals surface area contributed by atoms with Crippen molar-refractivity contribution in [3.8, 4) is 0 Å². The molecule has 0 radical (unpaired) electrons. The minimum absolute atomic E-state index is 0.432. The summed E-state index contributed by atoms with van der Waals surface area (Å²) in [6.45, 7) is 10.1. The van der Waals surface area contributed by atoms with Crippen LogP contribution in [0.2, 0.25) is 0 Å². The summed E-state index contributed by atoms with van der Waals surface area (Å²) in [5, 5.41) is 7.48. The maximum absolute atomic E-state index is 4.84. The number of hydrogen-bond acceptors (Lipinski definition) is 4. The Morgan fingerprint density at radius 2 is 1.93 bits per heavy atom. The third-order valence-corrected chi connectivity index (χ3v) is 6.06. The molecule has 0 bridgehead atoms. The van der Waals surface area contributed by atoms with Crippen molar-refractivity contribution in [2.45, 2.75) is 49.8 Å². The van der Waals surface area contributed by atoms with E-state index in [2.05, 4.69) is 76.8 Å². The van der Waals surface area contributed by atoms with E-state index in [1.807, 2.05) is 24.8 Å². The fraction of sp³-hybridized carbons (Fsp3) is 0.478. The Kier molecular flexibility index (Phi) is 8.23. The number of rotatable bonds is 7. The average molecular weight is 412 g/mol.